The number of halogens is 1. The smallest absolute Gasteiger partial charge is 0.258 e. The van der Waals surface area contributed by atoms with Gasteiger partial charge in [0, 0.05) is 19.2 Å². The predicted molar refractivity (Wildman–Crippen MR) is 85.5 cm³/mol. The number of sulfonamides is 1. The molecule has 21 heavy (non-hydrogen) atoms. The molecule has 0 aliphatic heterocycles. The van der Waals surface area contributed by atoms with Crippen LogP contribution in [-0.2, 0) is 10.0 Å². The Morgan fingerprint density at radius 2 is 2.10 bits per heavy atom. The molecule has 0 heterocycles. The Labute approximate surface area is 133 Å². The van der Waals surface area contributed by atoms with Crippen molar-refractivity contribution in [2.45, 2.75) is 24.3 Å². The Bertz CT molecular complexity index is 622. The summed E-state index contributed by atoms with van der Waals surface area (Å²) >= 11 is 7.33. The normalized spacial score (nSPS) is 13.4. The molecule has 0 spiro atoms. The van der Waals surface area contributed by atoms with Crippen LogP contribution in [0.25, 0.3) is 0 Å². The molecular formula is C12H17ClN2O4S2. The molecule has 118 valence electrons. The van der Waals surface area contributed by atoms with E-state index in [0.29, 0.717) is 6.42 Å². The molecule has 0 aliphatic carbocycles. The van der Waals surface area contributed by atoms with Gasteiger partial charge in [-0.1, -0.05) is 11.6 Å². The molecule has 1 aromatic rings. The second kappa shape index (κ2) is 7.44. The van der Waals surface area contributed by atoms with Gasteiger partial charge in [-0.05, 0) is 37.5 Å². The second-order valence-electron chi connectivity index (χ2n) is 4.52. The first-order valence-electron chi connectivity index (χ1n) is 6.12. The summed E-state index contributed by atoms with van der Waals surface area (Å²) in [6, 6.07) is 3.31. The van der Waals surface area contributed by atoms with E-state index in [4.69, 9.17) is 11.6 Å². The van der Waals surface area contributed by atoms with E-state index in [1.807, 2.05) is 6.26 Å². The molecule has 0 bridgehead atoms. The summed E-state index contributed by atoms with van der Waals surface area (Å²) < 4.78 is 26.2. The predicted octanol–water partition coefficient (Wildman–Crippen LogP) is 3.01. The van der Waals surface area contributed by atoms with Crippen LogP contribution in [-0.4, -0.2) is 42.7 Å². The number of hydrogen-bond acceptors (Lipinski definition) is 5. The van der Waals surface area contributed by atoms with Gasteiger partial charge in [0.05, 0.1) is 9.82 Å². The molecule has 0 aliphatic rings. The third-order valence-corrected chi connectivity index (χ3v) is 6.08. The van der Waals surface area contributed by atoms with Crippen LogP contribution in [0.15, 0.2) is 23.1 Å². The summed E-state index contributed by atoms with van der Waals surface area (Å²) in [5.74, 6) is 0.835. The quantitative estimate of drug-likeness (QED) is 0.556. The van der Waals surface area contributed by atoms with Crippen LogP contribution in [0, 0.1) is 10.1 Å². The van der Waals surface area contributed by atoms with Crippen molar-refractivity contribution in [2.75, 3.05) is 19.1 Å². The Morgan fingerprint density at radius 3 is 2.62 bits per heavy atom. The van der Waals surface area contributed by atoms with E-state index < -0.39 is 20.6 Å². The van der Waals surface area contributed by atoms with Crippen molar-refractivity contribution in [2.24, 2.45) is 0 Å². The van der Waals surface area contributed by atoms with E-state index in [2.05, 4.69) is 0 Å². The van der Waals surface area contributed by atoms with Crippen LogP contribution in [0.4, 0.5) is 5.69 Å². The Hall–Kier alpha value is -0.830. The first-order chi connectivity index (χ1) is 9.71. The van der Waals surface area contributed by atoms with E-state index in [1.165, 1.54) is 23.5 Å². The minimum atomic E-state index is -3.78. The number of benzene rings is 1. The fourth-order valence-electron chi connectivity index (χ4n) is 1.67. The van der Waals surface area contributed by atoms with Gasteiger partial charge in [0.1, 0.15) is 5.02 Å². The number of rotatable bonds is 7. The lowest BCUT2D eigenvalue weighted by Gasteiger charge is -2.24. The number of nitrogens with zero attached hydrogens (tertiary/aromatic N) is 2. The van der Waals surface area contributed by atoms with Crippen molar-refractivity contribution in [3.05, 3.63) is 33.3 Å². The number of thioether (sulfide) groups is 1. The van der Waals surface area contributed by atoms with Gasteiger partial charge in [-0.3, -0.25) is 10.1 Å². The van der Waals surface area contributed by atoms with E-state index in [0.717, 1.165) is 11.8 Å². The zero-order valence-electron chi connectivity index (χ0n) is 11.9. The Morgan fingerprint density at radius 1 is 1.48 bits per heavy atom. The van der Waals surface area contributed by atoms with Gasteiger partial charge in [0.25, 0.3) is 5.69 Å². The SMILES string of the molecule is CSCCC(C)N(C)S(=O)(=O)c1ccc(Cl)c([N+](=O)[O-])c1. The molecule has 0 radical (unpaired) electrons. The van der Waals surface area contributed by atoms with E-state index in [9.17, 15) is 18.5 Å². The molecule has 0 N–H and O–H groups in total. The van der Waals surface area contributed by atoms with Gasteiger partial charge in [-0.25, -0.2) is 8.42 Å². The molecule has 0 saturated carbocycles. The highest BCUT2D eigenvalue weighted by molar-refractivity contribution is 7.98. The molecule has 1 atom stereocenters. The third kappa shape index (κ3) is 4.32. The van der Waals surface area contributed by atoms with E-state index in [-0.39, 0.29) is 16.0 Å². The highest BCUT2D eigenvalue weighted by atomic mass is 35.5. The molecule has 0 amide bonds. The summed E-state index contributed by atoms with van der Waals surface area (Å²) in [6.07, 6.45) is 2.65. The maximum Gasteiger partial charge on any atom is 0.289 e. The van der Waals surface area contributed by atoms with Crippen LogP contribution in [0.2, 0.25) is 5.02 Å². The summed E-state index contributed by atoms with van der Waals surface area (Å²) in [4.78, 5) is 10.0. The lowest BCUT2D eigenvalue weighted by molar-refractivity contribution is -0.384. The standard InChI is InChI=1S/C12H17ClN2O4S2/c1-9(6-7-20-3)14(2)21(18,19)10-4-5-11(13)12(8-10)15(16)17/h4-5,8-9H,6-7H2,1-3H3. The highest BCUT2D eigenvalue weighted by Gasteiger charge is 2.27. The van der Waals surface area contributed by atoms with Gasteiger partial charge in [0.15, 0.2) is 0 Å². The molecule has 6 nitrogen and oxygen atoms in total. The zero-order chi connectivity index (χ0) is 16.2. The first-order valence-corrected chi connectivity index (χ1v) is 9.34. The second-order valence-corrected chi connectivity index (χ2v) is 7.91. The van der Waals surface area contributed by atoms with Gasteiger partial charge in [-0.2, -0.15) is 16.1 Å². The van der Waals surface area contributed by atoms with Crippen molar-refractivity contribution in [1.29, 1.82) is 0 Å². The molecule has 9 heteroatoms. The molecule has 1 unspecified atom stereocenters. The van der Waals surface area contributed by atoms with E-state index >= 15 is 0 Å². The number of nitro benzene ring substituents is 1. The minimum absolute atomic E-state index is 0.0861. The zero-order valence-corrected chi connectivity index (χ0v) is 14.3. The molecule has 0 aromatic heterocycles. The van der Waals surface area contributed by atoms with E-state index in [1.54, 1.807) is 18.7 Å². The van der Waals surface area contributed by atoms with Crippen molar-refractivity contribution >= 4 is 39.1 Å². The van der Waals surface area contributed by atoms with Crippen LogP contribution in [0.5, 0.6) is 0 Å². The number of hydrogen-bond donors (Lipinski definition) is 0. The van der Waals surface area contributed by atoms with Crippen molar-refractivity contribution < 1.29 is 13.3 Å². The monoisotopic (exact) mass is 352 g/mol. The summed E-state index contributed by atoms with van der Waals surface area (Å²) in [7, 11) is -2.31. The van der Waals surface area contributed by atoms with Gasteiger partial charge in [0.2, 0.25) is 10.0 Å². The molecule has 1 rings (SSSR count). The van der Waals surface area contributed by atoms with Crippen molar-refractivity contribution in [1.82, 2.24) is 4.31 Å². The van der Waals surface area contributed by atoms with Crippen LogP contribution < -0.4 is 0 Å². The molecule has 1 aromatic carbocycles. The fraction of sp³-hybridized carbons (Fsp3) is 0.500. The minimum Gasteiger partial charge on any atom is -0.258 e. The van der Waals surface area contributed by atoms with Gasteiger partial charge >= 0.3 is 0 Å². The lowest BCUT2D eigenvalue weighted by atomic mass is 10.3. The Kier molecular flexibility index (Phi) is 6.45. The van der Waals surface area contributed by atoms with Crippen molar-refractivity contribution in [3.8, 4) is 0 Å². The Balaban J connectivity index is 3.13. The topological polar surface area (TPSA) is 80.5 Å². The number of nitro groups is 1. The maximum absolute atomic E-state index is 12.5. The highest BCUT2D eigenvalue weighted by Crippen LogP contribution is 2.29. The van der Waals surface area contributed by atoms with Crippen LogP contribution in [0.3, 0.4) is 0 Å². The van der Waals surface area contributed by atoms with Gasteiger partial charge < -0.3 is 0 Å². The summed E-state index contributed by atoms with van der Waals surface area (Å²) in [5, 5.41) is 10.8. The van der Waals surface area contributed by atoms with Crippen LogP contribution in [0.1, 0.15) is 13.3 Å². The average Bonchev–Trinajstić information content (AvgIpc) is 2.43. The summed E-state index contributed by atoms with van der Waals surface area (Å²) in [5.41, 5.74) is -0.414. The van der Waals surface area contributed by atoms with Crippen LogP contribution >= 0.6 is 23.4 Å². The van der Waals surface area contributed by atoms with Gasteiger partial charge in [-0.15, -0.1) is 0 Å². The molecular weight excluding hydrogens is 336 g/mol. The lowest BCUT2D eigenvalue weighted by Crippen LogP contribution is -2.35. The third-order valence-electron chi connectivity index (χ3n) is 3.15. The van der Waals surface area contributed by atoms with Crippen molar-refractivity contribution in [3.63, 3.8) is 0 Å². The molecule has 0 saturated heterocycles. The summed E-state index contributed by atoms with van der Waals surface area (Å²) in [6.45, 7) is 1.80. The largest absolute Gasteiger partial charge is 0.289 e. The first kappa shape index (κ1) is 18.2. The maximum atomic E-state index is 12.5. The average molecular weight is 353 g/mol. The molecule has 0 fully saturated rings. The fourth-order valence-corrected chi connectivity index (χ4v) is 3.84.